The molecular weight excluding hydrogens is 342 g/mol. The van der Waals surface area contributed by atoms with Crippen LogP contribution in [0.1, 0.15) is 18.5 Å². The molecule has 1 atom stereocenters. The molecule has 0 spiro atoms. The summed E-state index contributed by atoms with van der Waals surface area (Å²) in [6, 6.07) is 6.70. The van der Waals surface area contributed by atoms with Crippen LogP contribution in [-0.4, -0.2) is 25.5 Å². The highest BCUT2D eigenvalue weighted by Gasteiger charge is 2.16. The third-order valence-electron chi connectivity index (χ3n) is 3.57. The molecule has 0 aliphatic carbocycles. The van der Waals surface area contributed by atoms with Crippen molar-refractivity contribution >= 4 is 23.2 Å². The van der Waals surface area contributed by atoms with Crippen LogP contribution in [0.5, 0.6) is 5.75 Å². The number of nitrogens with one attached hydrogen (secondary N) is 1. The number of carbonyl (C=O) groups excluding carboxylic acids is 1. The summed E-state index contributed by atoms with van der Waals surface area (Å²) in [6.45, 7) is 3.93. The van der Waals surface area contributed by atoms with Gasteiger partial charge in [-0.3, -0.25) is 9.48 Å². The molecule has 8 heteroatoms. The minimum atomic E-state index is -0.417. The maximum atomic E-state index is 12.3. The molecule has 1 amide bonds. The number of halogens is 1. The van der Waals surface area contributed by atoms with Crippen LogP contribution in [0.25, 0.3) is 0 Å². The van der Waals surface area contributed by atoms with Crippen molar-refractivity contribution < 1.29 is 9.53 Å². The normalized spacial score (nSPS) is 12.0. The van der Waals surface area contributed by atoms with Gasteiger partial charge in [0.05, 0.1) is 24.3 Å². The Morgan fingerprint density at radius 3 is 2.88 bits per heavy atom. The molecule has 0 saturated heterocycles. The summed E-state index contributed by atoms with van der Waals surface area (Å²) in [6.07, 6.45) is 6.81. The Morgan fingerprint density at radius 1 is 1.32 bits per heavy atom. The second-order valence-corrected chi connectivity index (χ2v) is 6.10. The van der Waals surface area contributed by atoms with E-state index in [0.717, 1.165) is 5.56 Å². The fourth-order valence-electron chi connectivity index (χ4n) is 2.21. The number of hydrogen-bond donors (Lipinski definition) is 1. The summed E-state index contributed by atoms with van der Waals surface area (Å²) >= 11 is 5.91. The van der Waals surface area contributed by atoms with E-state index in [-0.39, 0.29) is 12.6 Å². The highest BCUT2D eigenvalue weighted by molar-refractivity contribution is 6.30. The molecule has 7 nitrogen and oxygen atoms in total. The lowest BCUT2D eigenvalue weighted by molar-refractivity contribution is -0.119. The Hall–Kier alpha value is -2.80. The van der Waals surface area contributed by atoms with Gasteiger partial charge in [0, 0.05) is 11.2 Å². The number of rotatable bonds is 6. The van der Waals surface area contributed by atoms with Gasteiger partial charge in [0.15, 0.2) is 6.73 Å². The van der Waals surface area contributed by atoms with E-state index in [1.54, 1.807) is 47.0 Å². The SMILES string of the molecule is Cc1cnn(C(C)C(=O)Nc2cnn(COc3cccc(Cl)c3)c2)c1. The molecule has 1 unspecified atom stereocenters. The van der Waals surface area contributed by atoms with Crippen molar-refractivity contribution in [2.75, 3.05) is 5.32 Å². The van der Waals surface area contributed by atoms with Gasteiger partial charge >= 0.3 is 0 Å². The van der Waals surface area contributed by atoms with Gasteiger partial charge in [-0.05, 0) is 37.6 Å². The van der Waals surface area contributed by atoms with Crippen molar-refractivity contribution in [3.63, 3.8) is 0 Å². The molecule has 0 saturated carbocycles. The summed E-state index contributed by atoms with van der Waals surface area (Å²) in [5, 5.41) is 11.7. The van der Waals surface area contributed by atoms with Crippen LogP contribution in [0, 0.1) is 6.92 Å². The van der Waals surface area contributed by atoms with Gasteiger partial charge in [-0.1, -0.05) is 17.7 Å². The van der Waals surface area contributed by atoms with Gasteiger partial charge in [-0.2, -0.15) is 10.2 Å². The molecule has 130 valence electrons. The van der Waals surface area contributed by atoms with Gasteiger partial charge in [0.1, 0.15) is 11.8 Å². The number of nitrogens with zero attached hydrogens (tertiary/aromatic N) is 4. The Kier molecular flexibility index (Phi) is 5.04. The van der Waals surface area contributed by atoms with E-state index >= 15 is 0 Å². The lowest BCUT2D eigenvalue weighted by Gasteiger charge is -2.11. The molecule has 0 radical (unpaired) electrons. The van der Waals surface area contributed by atoms with Crippen LogP contribution in [-0.2, 0) is 11.5 Å². The number of hydrogen-bond acceptors (Lipinski definition) is 4. The first-order chi connectivity index (χ1) is 12.0. The van der Waals surface area contributed by atoms with E-state index in [0.29, 0.717) is 16.5 Å². The van der Waals surface area contributed by atoms with E-state index in [9.17, 15) is 4.79 Å². The van der Waals surface area contributed by atoms with Gasteiger partial charge < -0.3 is 10.1 Å². The average Bonchev–Trinajstić information content (AvgIpc) is 3.21. The fourth-order valence-corrected chi connectivity index (χ4v) is 2.39. The smallest absolute Gasteiger partial charge is 0.249 e. The van der Waals surface area contributed by atoms with Crippen molar-refractivity contribution in [2.24, 2.45) is 0 Å². The summed E-state index contributed by atoms with van der Waals surface area (Å²) in [7, 11) is 0. The van der Waals surface area contributed by atoms with Crippen LogP contribution in [0.2, 0.25) is 5.02 Å². The van der Waals surface area contributed by atoms with E-state index in [4.69, 9.17) is 16.3 Å². The summed E-state index contributed by atoms with van der Waals surface area (Å²) in [5.74, 6) is 0.481. The monoisotopic (exact) mass is 359 g/mol. The molecule has 3 aromatic rings. The quantitative estimate of drug-likeness (QED) is 0.733. The number of aryl methyl sites for hydroxylation is 1. The molecule has 25 heavy (non-hydrogen) atoms. The van der Waals surface area contributed by atoms with E-state index in [1.807, 2.05) is 25.3 Å². The standard InChI is InChI=1S/C17H18ClN5O2/c1-12-7-20-23(9-12)13(2)17(24)21-15-8-19-22(10-15)11-25-16-5-3-4-14(18)6-16/h3-10,13H,11H2,1-2H3,(H,21,24). The van der Waals surface area contributed by atoms with E-state index in [2.05, 4.69) is 15.5 Å². The first-order valence-corrected chi connectivity index (χ1v) is 8.11. The third-order valence-corrected chi connectivity index (χ3v) is 3.80. The predicted octanol–water partition coefficient (Wildman–Crippen LogP) is 3.28. The first-order valence-electron chi connectivity index (χ1n) is 7.74. The Morgan fingerprint density at radius 2 is 2.16 bits per heavy atom. The second-order valence-electron chi connectivity index (χ2n) is 5.66. The van der Waals surface area contributed by atoms with Gasteiger partial charge in [0.25, 0.3) is 0 Å². The Bertz CT molecular complexity index is 873. The maximum Gasteiger partial charge on any atom is 0.249 e. The third kappa shape index (κ3) is 4.39. The summed E-state index contributed by atoms with van der Waals surface area (Å²) in [5.41, 5.74) is 1.60. The Balaban J connectivity index is 1.57. The molecular formula is C17H18ClN5O2. The molecule has 3 rings (SSSR count). The highest BCUT2D eigenvalue weighted by atomic mass is 35.5. The molecule has 2 aromatic heterocycles. The van der Waals surface area contributed by atoms with Crippen LogP contribution in [0.15, 0.2) is 49.1 Å². The zero-order valence-corrected chi connectivity index (χ0v) is 14.6. The van der Waals surface area contributed by atoms with E-state index < -0.39 is 6.04 Å². The maximum absolute atomic E-state index is 12.3. The molecule has 0 aliphatic heterocycles. The lowest BCUT2D eigenvalue weighted by Crippen LogP contribution is -2.23. The molecule has 0 fully saturated rings. The first kappa shape index (κ1) is 17.0. The number of ether oxygens (including phenoxy) is 1. The van der Waals surface area contributed by atoms with Crippen molar-refractivity contribution in [3.8, 4) is 5.75 Å². The lowest BCUT2D eigenvalue weighted by atomic mass is 10.3. The molecule has 1 aromatic carbocycles. The predicted molar refractivity (Wildman–Crippen MR) is 94.6 cm³/mol. The molecule has 0 aliphatic rings. The van der Waals surface area contributed by atoms with Crippen LogP contribution >= 0.6 is 11.6 Å². The number of aromatic nitrogens is 4. The topological polar surface area (TPSA) is 74.0 Å². The van der Waals surface area contributed by atoms with Crippen LogP contribution in [0.4, 0.5) is 5.69 Å². The van der Waals surface area contributed by atoms with Crippen molar-refractivity contribution in [1.29, 1.82) is 0 Å². The number of anilines is 1. The van der Waals surface area contributed by atoms with Gasteiger partial charge in [-0.15, -0.1) is 0 Å². The van der Waals surface area contributed by atoms with Gasteiger partial charge in [-0.25, -0.2) is 4.68 Å². The van der Waals surface area contributed by atoms with Gasteiger partial charge in [0.2, 0.25) is 5.91 Å². The van der Waals surface area contributed by atoms with E-state index in [1.165, 1.54) is 0 Å². The minimum Gasteiger partial charge on any atom is -0.471 e. The Labute approximate surface area is 150 Å². The summed E-state index contributed by atoms with van der Waals surface area (Å²) in [4.78, 5) is 12.3. The van der Waals surface area contributed by atoms with Crippen LogP contribution < -0.4 is 10.1 Å². The van der Waals surface area contributed by atoms with Crippen molar-refractivity contribution in [3.05, 3.63) is 59.6 Å². The second kappa shape index (κ2) is 7.40. The largest absolute Gasteiger partial charge is 0.471 e. The number of amides is 1. The fraction of sp³-hybridized carbons (Fsp3) is 0.235. The van der Waals surface area contributed by atoms with Crippen molar-refractivity contribution in [2.45, 2.75) is 26.6 Å². The zero-order chi connectivity index (χ0) is 17.8. The van der Waals surface area contributed by atoms with Crippen LogP contribution in [0.3, 0.4) is 0 Å². The number of carbonyl (C=O) groups is 1. The molecule has 0 bridgehead atoms. The highest BCUT2D eigenvalue weighted by Crippen LogP contribution is 2.18. The van der Waals surface area contributed by atoms with Crippen molar-refractivity contribution in [1.82, 2.24) is 19.6 Å². The number of benzene rings is 1. The molecule has 1 N–H and O–H groups in total. The zero-order valence-electron chi connectivity index (χ0n) is 13.9. The summed E-state index contributed by atoms with van der Waals surface area (Å²) < 4.78 is 8.80. The average molecular weight is 360 g/mol. The minimum absolute atomic E-state index is 0.168. The molecule has 2 heterocycles.